The second-order valence-corrected chi connectivity index (χ2v) is 7.00. The predicted octanol–water partition coefficient (Wildman–Crippen LogP) is 4.77. The largest absolute Gasteiger partial charge is 0.488 e. The molecule has 0 radical (unpaired) electrons. The SMILES string of the molecule is CCSc1cccc(OCc2ccc(Br)cc2)c1C(N)=S. The Morgan fingerprint density at radius 2 is 1.95 bits per heavy atom. The van der Waals surface area contributed by atoms with Crippen LogP contribution in [0.15, 0.2) is 51.8 Å². The third-order valence-corrected chi connectivity index (χ3v) is 4.51. The van der Waals surface area contributed by atoms with E-state index in [1.54, 1.807) is 11.8 Å². The second-order valence-electron chi connectivity index (χ2n) is 4.34. The molecule has 0 aliphatic heterocycles. The van der Waals surface area contributed by atoms with Gasteiger partial charge in [0.1, 0.15) is 17.3 Å². The maximum atomic E-state index is 5.92. The molecule has 2 rings (SSSR count). The molecule has 0 bridgehead atoms. The summed E-state index contributed by atoms with van der Waals surface area (Å²) in [6, 6.07) is 13.9. The summed E-state index contributed by atoms with van der Waals surface area (Å²) in [6.45, 7) is 2.59. The molecule has 0 unspecified atom stereocenters. The number of thiocarbonyl (C=S) groups is 1. The number of thioether (sulfide) groups is 1. The zero-order valence-electron chi connectivity index (χ0n) is 11.6. The van der Waals surface area contributed by atoms with Gasteiger partial charge in [0, 0.05) is 9.37 Å². The standard InChI is InChI=1S/C16H16BrNOS2/c1-2-21-14-5-3-4-13(15(14)16(18)20)19-10-11-6-8-12(17)9-7-11/h3-9H,2,10H2,1H3,(H2,18,20). The second kappa shape index (κ2) is 7.82. The Morgan fingerprint density at radius 3 is 2.57 bits per heavy atom. The lowest BCUT2D eigenvalue weighted by atomic mass is 10.2. The first kappa shape index (κ1) is 16.3. The lowest BCUT2D eigenvalue weighted by Crippen LogP contribution is -2.13. The molecule has 0 amide bonds. The Labute approximate surface area is 143 Å². The summed E-state index contributed by atoms with van der Waals surface area (Å²) in [5, 5.41) is 0. The van der Waals surface area contributed by atoms with Gasteiger partial charge in [-0.3, -0.25) is 0 Å². The van der Waals surface area contributed by atoms with E-state index < -0.39 is 0 Å². The fourth-order valence-corrected chi connectivity index (χ4v) is 3.27. The number of halogens is 1. The molecule has 0 atom stereocenters. The highest BCUT2D eigenvalue weighted by Gasteiger charge is 2.12. The molecule has 21 heavy (non-hydrogen) atoms. The number of ether oxygens (including phenoxy) is 1. The van der Waals surface area contributed by atoms with Gasteiger partial charge >= 0.3 is 0 Å². The molecule has 0 saturated carbocycles. The van der Waals surface area contributed by atoms with E-state index in [-0.39, 0.29) is 0 Å². The minimum atomic E-state index is 0.373. The highest BCUT2D eigenvalue weighted by Crippen LogP contribution is 2.30. The number of hydrogen-bond acceptors (Lipinski definition) is 3. The molecule has 0 heterocycles. The van der Waals surface area contributed by atoms with Gasteiger partial charge in [-0.2, -0.15) is 0 Å². The summed E-state index contributed by atoms with van der Waals surface area (Å²) in [4.78, 5) is 1.44. The molecule has 110 valence electrons. The Balaban J connectivity index is 2.21. The molecule has 0 fully saturated rings. The van der Waals surface area contributed by atoms with Crippen LogP contribution in [0.4, 0.5) is 0 Å². The molecule has 0 aromatic heterocycles. The Kier molecular flexibility index (Phi) is 6.08. The van der Waals surface area contributed by atoms with Gasteiger partial charge in [-0.05, 0) is 35.6 Å². The molecule has 5 heteroatoms. The summed E-state index contributed by atoms with van der Waals surface area (Å²) >= 11 is 10.3. The molecule has 0 aliphatic carbocycles. The van der Waals surface area contributed by atoms with Crippen molar-refractivity contribution in [3.05, 3.63) is 58.1 Å². The number of benzene rings is 2. The van der Waals surface area contributed by atoms with Crippen molar-refractivity contribution in [3.63, 3.8) is 0 Å². The predicted molar refractivity (Wildman–Crippen MR) is 97.2 cm³/mol. The molecular formula is C16H16BrNOS2. The monoisotopic (exact) mass is 381 g/mol. The van der Waals surface area contributed by atoms with Gasteiger partial charge < -0.3 is 10.5 Å². The van der Waals surface area contributed by atoms with E-state index in [2.05, 4.69) is 22.9 Å². The van der Waals surface area contributed by atoms with Crippen molar-refractivity contribution >= 4 is 44.9 Å². The summed E-state index contributed by atoms with van der Waals surface area (Å²) in [5.41, 5.74) is 7.79. The van der Waals surface area contributed by atoms with E-state index in [1.165, 1.54) is 0 Å². The molecule has 0 spiro atoms. The van der Waals surface area contributed by atoms with Crippen LogP contribution in [0.2, 0.25) is 0 Å². The number of hydrogen-bond donors (Lipinski definition) is 1. The molecule has 2 nitrogen and oxygen atoms in total. The molecule has 0 saturated heterocycles. The van der Waals surface area contributed by atoms with Crippen LogP contribution in [0.5, 0.6) is 5.75 Å². The fraction of sp³-hybridized carbons (Fsp3) is 0.188. The topological polar surface area (TPSA) is 35.2 Å². The van der Waals surface area contributed by atoms with Gasteiger partial charge in [0.05, 0.1) is 5.56 Å². The van der Waals surface area contributed by atoms with Crippen molar-refractivity contribution in [2.24, 2.45) is 5.73 Å². The first-order chi connectivity index (χ1) is 10.1. The normalized spacial score (nSPS) is 10.4. The van der Waals surface area contributed by atoms with Crippen molar-refractivity contribution in [2.75, 3.05) is 5.75 Å². The van der Waals surface area contributed by atoms with Gasteiger partial charge in [0.2, 0.25) is 0 Å². The Hall–Kier alpha value is -1.04. The molecular weight excluding hydrogens is 366 g/mol. The van der Waals surface area contributed by atoms with Gasteiger partial charge in [0.15, 0.2) is 0 Å². The quantitative estimate of drug-likeness (QED) is 0.576. The average Bonchev–Trinajstić information content (AvgIpc) is 2.47. The van der Waals surface area contributed by atoms with Gasteiger partial charge in [-0.15, -0.1) is 11.8 Å². The van der Waals surface area contributed by atoms with E-state index in [9.17, 15) is 0 Å². The minimum Gasteiger partial charge on any atom is -0.488 e. The minimum absolute atomic E-state index is 0.373. The third-order valence-electron chi connectivity index (χ3n) is 2.84. The zero-order valence-corrected chi connectivity index (χ0v) is 14.9. The van der Waals surface area contributed by atoms with Crippen LogP contribution in [0.1, 0.15) is 18.1 Å². The smallest absolute Gasteiger partial charge is 0.131 e. The summed E-state index contributed by atoms with van der Waals surface area (Å²) in [7, 11) is 0. The first-order valence-electron chi connectivity index (χ1n) is 6.54. The van der Waals surface area contributed by atoms with E-state index in [0.717, 1.165) is 32.0 Å². The van der Waals surface area contributed by atoms with Gasteiger partial charge in [-0.25, -0.2) is 0 Å². The van der Waals surface area contributed by atoms with Crippen molar-refractivity contribution in [1.82, 2.24) is 0 Å². The molecule has 2 N–H and O–H groups in total. The van der Waals surface area contributed by atoms with Crippen LogP contribution in [0, 0.1) is 0 Å². The van der Waals surface area contributed by atoms with Gasteiger partial charge in [0.25, 0.3) is 0 Å². The maximum Gasteiger partial charge on any atom is 0.131 e. The maximum absolute atomic E-state index is 5.92. The summed E-state index contributed by atoms with van der Waals surface area (Å²) < 4.78 is 6.97. The Bertz CT molecular complexity index is 629. The van der Waals surface area contributed by atoms with E-state index in [4.69, 9.17) is 22.7 Å². The van der Waals surface area contributed by atoms with Crippen molar-refractivity contribution in [1.29, 1.82) is 0 Å². The molecule has 2 aromatic rings. The third kappa shape index (κ3) is 4.46. The average molecular weight is 382 g/mol. The highest BCUT2D eigenvalue weighted by molar-refractivity contribution is 9.10. The van der Waals surface area contributed by atoms with Crippen molar-refractivity contribution < 1.29 is 4.74 Å². The highest BCUT2D eigenvalue weighted by atomic mass is 79.9. The Morgan fingerprint density at radius 1 is 1.24 bits per heavy atom. The fourth-order valence-electron chi connectivity index (χ4n) is 1.89. The van der Waals surface area contributed by atoms with E-state index >= 15 is 0 Å². The van der Waals surface area contributed by atoms with Crippen LogP contribution in [-0.4, -0.2) is 10.7 Å². The van der Waals surface area contributed by atoms with Crippen molar-refractivity contribution in [3.8, 4) is 5.75 Å². The van der Waals surface area contributed by atoms with E-state index in [0.29, 0.717) is 11.6 Å². The first-order valence-corrected chi connectivity index (χ1v) is 8.73. The summed E-state index contributed by atoms with van der Waals surface area (Å²) in [5.74, 6) is 1.70. The van der Waals surface area contributed by atoms with Crippen LogP contribution in [-0.2, 0) is 6.61 Å². The zero-order chi connectivity index (χ0) is 15.2. The number of nitrogens with two attached hydrogens (primary N) is 1. The van der Waals surface area contributed by atoms with Crippen molar-refractivity contribution in [2.45, 2.75) is 18.4 Å². The van der Waals surface area contributed by atoms with Crippen LogP contribution in [0.3, 0.4) is 0 Å². The van der Waals surface area contributed by atoms with Crippen LogP contribution in [0.25, 0.3) is 0 Å². The van der Waals surface area contributed by atoms with Crippen LogP contribution < -0.4 is 10.5 Å². The lowest BCUT2D eigenvalue weighted by Gasteiger charge is -2.14. The van der Waals surface area contributed by atoms with Crippen LogP contribution >= 0.6 is 39.9 Å². The van der Waals surface area contributed by atoms with Gasteiger partial charge in [-0.1, -0.05) is 53.3 Å². The molecule has 2 aromatic carbocycles. The molecule has 0 aliphatic rings. The number of rotatable bonds is 6. The summed E-state index contributed by atoms with van der Waals surface area (Å²) in [6.07, 6.45) is 0. The lowest BCUT2D eigenvalue weighted by molar-refractivity contribution is 0.305. The van der Waals surface area contributed by atoms with E-state index in [1.807, 2.05) is 42.5 Å².